The highest BCUT2D eigenvalue weighted by Gasteiger charge is 2.49. The van der Waals surface area contributed by atoms with E-state index in [2.05, 4.69) is 15.6 Å². The molecule has 2 aromatic rings. The lowest BCUT2D eigenvalue weighted by Gasteiger charge is -2.43. The van der Waals surface area contributed by atoms with Gasteiger partial charge in [0.2, 0.25) is 11.8 Å². The summed E-state index contributed by atoms with van der Waals surface area (Å²) in [7, 11) is 0. The lowest BCUT2D eigenvalue weighted by molar-refractivity contribution is -0.185. The van der Waals surface area contributed by atoms with E-state index in [4.69, 9.17) is 5.73 Å². The summed E-state index contributed by atoms with van der Waals surface area (Å²) in [6.45, 7) is -0.216. The summed E-state index contributed by atoms with van der Waals surface area (Å²) in [5.41, 5.74) is 4.74. The van der Waals surface area contributed by atoms with Crippen LogP contribution in [0.1, 0.15) is 30.4 Å². The molecule has 7 nitrogen and oxygen atoms in total. The Balaban J connectivity index is 2.11. The summed E-state index contributed by atoms with van der Waals surface area (Å²) in [5.74, 6) is -2.95. The fourth-order valence-corrected chi connectivity index (χ4v) is 3.87. The number of primary amides is 1. The Morgan fingerprint density at radius 3 is 2.77 bits per heavy atom. The van der Waals surface area contributed by atoms with Crippen molar-refractivity contribution >= 4 is 22.7 Å². The minimum atomic E-state index is -4.46. The molecule has 1 aromatic carbocycles. The van der Waals surface area contributed by atoms with E-state index in [-0.39, 0.29) is 37.9 Å². The number of piperidine rings is 1. The van der Waals surface area contributed by atoms with Gasteiger partial charge < -0.3 is 16.4 Å². The van der Waals surface area contributed by atoms with Crippen LogP contribution in [-0.2, 0) is 15.1 Å². The second-order valence-electron chi connectivity index (χ2n) is 7.34. The molecule has 4 N–H and O–H groups in total. The normalized spacial score (nSPS) is 21.7. The van der Waals surface area contributed by atoms with Crippen LogP contribution in [0.4, 0.5) is 13.2 Å². The molecule has 0 aliphatic carbocycles. The molecule has 1 aliphatic heterocycles. The number of nitriles is 1. The highest BCUT2D eigenvalue weighted by atomic mass is 19.4. The van der Waals surface area contributed by atoms with Gasteiger partial charge in [-0.05, 0) is 24.1 Å². The number of nitrogens with two attached hydrogens (primary N) is 1. The molecule has 0 saturated carbocycles. The third kappa shape index (κ3) is 4.36. The van der Waals surface area contributed by atoms with E-state index in [0.29, 0.717) is 16.5 Å². The van der Waals surface area contributed by atoms with Gasteiger partial charge in [0.15, 0.2) is 0 Å². The Labute approximate surface area is 170 Å². The quantitative estimate of drug-likeness (QED) is 0.683. The van der Waals surface area contributed by atoms with E-state index in [0.717, 1.165) is 0 Å². The van der Waals surface area contributed by atoms with Crippen LogP contribution >= 0.6 is 0 Å². The van der Waals surface area contributed by atoms with Gasteiger partial charge in [-0.2, -0.15) is 18.4 Å². The molecular weight excluding hydrogens is 399 g/mol. The largest absolute Gasteiger partial charge is 0.393 e. The van der Waals surface area contributed by atoms with Crippen LogP contribution in [0.15, 0.2) is 30.5 Å². The topological polar surface area (TPSA) is 121 Å². The average molecular weight is 419 g/mol. The van der Waals surface area contributed by atoms with Crippen LogP contribution in [0.25, 0.3) is 10.9 Å². The first-order valence-corrected chi connectivity index (χ1v) is 9.31. The van der Waals surface area contributed by atoms with Gasteiger partial charge in [0.1, 0.15) is 6.07 Å². The van der Waals surface area contributed by atoms with E-state index in [9.17, 15) is 28.0 Å². The summed E-state index contributed by atoms with van der Waals surface area (Å²) in [6.07, 6.45) is -3.81. The SMILES string of the molecule is N#Cc1ccc([C@@]2(NC(=O)CCC(N)=O)CNC[C@@H](C(F)(F)F)C2)c2cccnc12. The summed E-state index contributed by atoms with van der Waals surface area (Å²) < 4.78 is 40.7. The molecule has 10 heteroatoms. The smallest absolute Gasteiger partial charge is 0.370 e. The van der Waals surface area contributed by atoms with Gasteiger partial charge in [0.05, 0.1) is 22.5 Å². The number of alkyl halides is 3. The number of carbonyl (C=O) groups is 2. The number of hydrogen-bond acceptors (Lipinski definition) is 5. The molecule has 2 amide bonds. The van der Waals surface area contributed by atoms with Crippen molar-refractivity contribution < 1.29 is 22.8 Å². The number of hydrogen-bond donors (Lipinski definition) is 3. The van der Waals surface area contributed by atoms with Gasteiger partial charge in [-0.15, -0.1) is 0 Å². The van der Waals surface area contributed by atoms with E-state index in [1.165, 1.54) is 12.3 Å². The Bertz CT molecular complexity index is 1020. The fraction of sp³-hybridized carbons (Fsp3) is 0.400. The number of pyridine rings is 1. The number of aromatic nitrogens is 1. The van der Waals surface area contributed by atoms with Gasteiger partial charge in [-0.3, -0.25) is 14.6 Å². The number of amides is 2. The highest BCUT2D eigenvalue weighted by molar-refractivity contribution is 5.89. The summed E-state index contributed by atoms with van der Waals surface area (Å²) >= 11 is 0. The Morgan fingerprint density at radius 2 is 2.10 bits per heavy atom. The second kappa shape index (κ2) is 8.28. The lowest BCUT2D eigenvalue weighted by atomic mass is 9.76. The van der Waals surface area contributed by atoms with Gasteiger partial charge >= 0.3 is 6.18 Å². The third-order valence-electron chi connectivity index (χ3n) is 5.26. The summed E-state index contributed by atoms with van der Waals surface area (Å²) in [6, 6.07) is 8.34. The Hall–Kier alpha value is -3.19. The van der Waals surface area contributed by atoms with Crippen molar-refractivity contribution in [1.29, 1.82) is 5.26 Å². The number of rotatable bonds is 5. The average Bonchev–Trinajstić information content (AvgIpc) is 2.71. The molecule has 1 aliphatic rings. The van der Waals surface area contributed by atoms with Gasteiger partial charge in [0.25, 0.3) is 0 Å². The molecule has 1 aromatic heterocycles. The molecule has 0 unspecified atom stereocenters. The minimum Gasteiger partial charge on any atom is -0.370 e. The predicted molar refractivity (Wildman–Crippen MR) is 102 cm³/mol. The number of fused-ring (bicyclic) bond motifs is 1. The monoisotopic (exact) mass is 419 g/mol. The molecule has 0 bridgehead atoms. The van der Waals surface area contributed by atoms with Gasteiger partial charge in [-0.25, -0.2) is 0 Å². The summed E-state index contributed by atoms with van der Waals surface area (Å²) in [5, 5.41) is 15.3. The molecule has 158 valence electrons. The van der Waals surface area contributed by atoms with E-state index in [1.54, 1.807) is 18.2 Å². The van der Waals surface area contributed by atoms with Crippen molar-refractivity contribution in [1.82, 2.24) is 15.6 Å². The van der Waals surface area contributed by atoms with Crippen molar-refractivity contribution in [2.75, 3.05) is 13.1 Å². The first-order valence-electron chi connectivity index (χ1n) is 9.31. The van der Waals surface area contributed by atoms with Crippen LogP contribution in [0.2, 0.25) is 0 Å². The number of nitrogens with zero attached hydrogens (tertiary/aromatic N) is 2. The predicted octanol–water partition coefficient (Wildman–Crippen LogP) is 1.86. The van der Waals surface area contributed by atoms with Crippen LogP contribution in [0, 0.1) is 17.2 Å². The van der Waals surface area contributed by atoms with Crippen molar-refractivity contribution in [3.8, 4) is 6.07 Å². The van der Waals surface area contributed by atoms with E-state index >= 15 is 0 Å². The lowest BCUT2D eigenvalue weighted by Crippen LogP contribution is -2.59. The number of carbonyl (C=O) groups excluding carboxylic acids is 2. The molecule has 3 rings (SSSR count). The molecular formula is C20H20F3N5O2. The maximum Gasteiger partial charge on any atom is 0.393 e. The van der Waals surface area contributed by atoms with Gasteiger partial charge in [-0.1, -0.05) is 12.1 Å². The van der Waals surface area contributed by atoms with Crippen LogP contribution < -0.4 is 16.4 Å². The third-order valence-corrected chi connectivity index (χ3v) is 5.26. The highest BCUT2D eigenvalue weighted by Crippen LogP contribution is 2.41. The fourth-order valence-electron chi connectivity index (χ4n) is 3.87. The minimum absolute atomic E-state index is 0.0534. The van der Waals surface area contributed by atoms with E-state index in [1.807, 2.05) is 6.07 Å². The maximum atomic E-state index is 13.6. The first kappa shape index (κ1) is 21.5. The molecule has 0 spiro atoms. The zero-order valence-electron chi connectivity index (χ0n) is 15.9. The van der Waals surface area contributed by atoms with Crippen molar-refractivity contribution in [3.63, 3.8) is 0 Å². The van der Waals surface area contributed by atoms with Gasteiger partial charge in [0, 0.05) is 37.5 Å². The standard InChI is InChI=1S/C20H20F3N5O2/c21-20(22,23)13-8-19(11-26-10-13,28-17(30)6-5-16(25)29)15-4-3-12(9-24)18-14(15)2-1-7-27-18/h1-4,7,13,26H,5-6,8,10-11H2,(H2,25,29)(H,28,30)/t13-,19-/m0/s1. The zero-order chi connectivity index (χ0) is 21.9. The van der Waals surface area contributed by atoms with Crippen LogP contribution in [0.5, 0.6) is 0 Å². The zero-order valence-corrected chi connectivity index (χ0v) is 15.9. The Kier molecular flexibility index (Phi) is 5.94. The molecule has 0 radical (unpaired) electrons. The maximum absolute atomic E-state index is 13.6. The molecule has 30 heavy (non-hydrogen) atoms. The molecule has 2 atom stereocenters. The summed E-state index contributed by atoms with van der Waals surface area (Å²) in [4.78, 5) is 27.7. The number of nitrogens with one attached hydrogen (secondary N) is 2. The number of halogens is 3. The molecule has 1 fully saturated rings. The van der Waals surface area contributed by atoms with Crippen LogP contribution in [0.3, 0.4) is 0 Å². The van der Waals surface area contributed by atoms with Crippen LogP contribution in [-0.4, -0.2) is 36.1 Å². The molecule has 2 heterocycles. The van der Waals surface area contributed by atoms with Crippen molar-refractivity contribution in [2.24, 2.45) is 11.7 Å². The second-order valence-corrected chi connectivity index (χ2v) is 7.34. The van der Waals surface area contributed by atoms with Crippen molar-refractivity contribution in [3.05, 3.63) is 41.6 Å². The number of benzene rings is 1. The Morgan fingerprint density at radius 1 is 1.33 bits per heavy atom. The van der Waals surface area contributed by atoms with E-state index < -0.39 is 29.4 Å². The first-order chi connectivity index (χ1) is 14.2. The van der Waals surface area contributed by atoms with Crippen molar-refractivity contribution in [2.45, 2.75) is 31.0 Å². The molecule has 1 saturated heterocycles.